The van der Waals surface area contributed by atoms with Gasteiger partial charge in [-0.3, -0.25) is 0 Å². The van der Waals surface area contributed by atoms with Gasteiger partial charge in [0, 0.05) is 12.1 Å². The molecule has 116 valence electrons. The monoisotopic (exact) mass is 299 g/mol. The third-order valence-corrected chi connectivity index (χ3v) is 5.10. The van der Waals surface area contributed by atoms with Gasteiger partial charge in [0.1, 0.15) is 6.26 Å². The number of aliphatic hydroxyl groups is 1. The maximum absolute atomic E-state index is 12.0. The highest BCUT2D eigenvalue weighted by atomic mass is 28.3. The number of hydrogen-bond donors (Lipinski definition) is 1. The zero-order valence-corrected chi connectivity index (χ0v) is 15.0. The smallest absolute Gasteiger partial charge is 0.410 e. The average Bonchev–Trinajstić information content (AvgIpc) is 2.20. The van der Waals surface area contributed by atoms with Crippen molar-refractivity contribution in [1.82, 2.24) is 4.90 Å². The summed E-state index contributed by atoms with van der Waals surface area (Å²) in [6, 6.07) is 0.154. The van der Waals surface area contributed by atoms with Crippen LogP contribution in [0.5, 0.6) is 0 Å². The highest BCUT2D eigenvalue weighted by Gasteiger charge is 2.24. The van der Waals surface area contributed by atoms with E-state index in [1.165, 1.54) is 6.26 Å². The molecule has 0 aromatic heterocycles. The molecule has 0 heterocycles. The highest BCUT2D eigenvalue weighted by molar-refractivity contribution is 6.83. The van der Waals surface area contributed by atoms with Crippen LogP contribution in [0.15, 0.2) is 17.2 Å². The lowest BCUT2D eigenvalue weighted by molar-refractivity contribution is 0.109. The first kappa shape index (κ1) is 19.0. The summed E-state index contributed by atoms with van der Waals surface area (Å²) in [6.45, 7) is 15.9. The summed E-state index contributed by atoms with van der Waals surface area (Å²) in [6.07, 6.45) is 0.325. The Morgan fingerprint density at radius 3 is 1.90 bits per heavy atom. The SMILES string of the molecule is CC(C)N(C(=O)OC=C=C([C@H](C)O)[Si](C)(C)C)C(C)C. The third-order valence-electron chi connectivity index (χ3n) is 2.92. The summed E-state index contributed by atoms with van der Waals surface area (Å²) in [7, 11) is -1.67. The van der Waals surface area contributed by atoms with Gasteiger partial charge >= 0.3 is 6.09 Å². The van der Waals surface area contributed by atoms with Crippen LogP contribution in [0.25, 0.3) is 0 Å². The second-order valence-electron chi connectivity index (χ2n) is 6.58. The average molecular weight is 299 g/mol. The summed E-state index contributed by atoms with van der Waals surface area (Å²) >= 11 is 0. The standard InChI is InChI=1S/C15H29NO3Si/c1-11(2)16(12(3)4)15(18)19-10-9-14(13(5)17)20(6,7)8/h10-13,17H,1-8H3/t9?,13-/m0/s1. The first-order valence-electron chi connectivity index (χ1n) is 7.11. The van der Waals surface area contributed by atoms with Crippen molar-refractivity contribution in [2.75, 3.05) is 0 Å². The number of ether oxygens (including phenoxy) is 1. The van der Waals surface area contributed by atoms with Gasteiger partial charge in [-0.2, -0.15) is 0 Å². The molecular weight excluding hydrogens is 270 g/mol. The summed E-state index contributed by atoms with van der Waals surface area (Å²) in [5, 5.41) is 10.6. The van der Waals surface area contributed by atoms with E-state index in [-0.39, 0.29) is 18.2 Å². The van der Waals surface area contributed by atoms with Crippen molar-refractivity contribution in [1.29, 1.82) is 0 Å². The molecule has 5 heteroatoms. The molecule has 0 aromatic carbocycles. The van der Waals surface area contributed by atoms with Gasteiger partial charge in [-0.05, 0) is 39.8 Å². The quantitative estimate of drug-likeness (QED) is 0.480. The molecule has 1 atom stereocenters. The van der Waals surface area contributed by atoms with Crippen molar-refractivity contribution >= 4 is 14.2 Å². The second kappa shape index (κ2) is 7.67. The lowest BCUT2D eigenvalue weighted by atomic mass is 10.2. The number of amides is 1. The van der Waals surface area contributed by atoms with E-state index in [1.807, 2.05) is 27.7 Å². The zero-order chi connectivity index (χ0) is 16.1. The van der Waals surface area contributed by atoms with Crippen molar-refractivity contribution in [3.05, 3.63) is 17.2 Å². The third kappa shape index (κ3) is 5.95. The molecule has 0 rings (SSSR count). The minimum Gasteiger partial charge on any atom is -0.410 e. The molecule has 0 aromatic rings. The Balaban J connectivity index is 5.06. The van der Waals surface area contributed by atoms with Crippen molar-refractivity contribution < 1.29 is 14.6 Å². The molecule has 0 saturated carbocycles. The van der Waals surface area contributed by atoms with Crippen molar-refractivity contribution in [3.8, 4) is 0 Å². The molecule has 0 aliphatic carbocycles. The van der Waals surface area contributed by atoms with E-state index < -0.39 is 14.2 Å². The van der Waals surface area contributed by atoms with Crippen LogP contribution in [0.3, 0.4) is 0 Å². The molecule has 0 aliphatic heterocycles. The topological polar surface area (TPSA) is 49.8 Å². The van der Waals surface area contributed by atoms with Crippen LogP contribution in [0, 0.1) is 0 Å². The fourth-order valence-electron chi connectivity index (χ4n) is 2.19. The molecule has 1 N–H and O–H groups in total. The number of rotatable bonds is 5. The Morgan fingerprint density at radius 1 is 1.15 bits per heavy atom. The van der Waals surface area contributed by atoms with Gasteiger partial charge in [0.15, 0.2) is 0 Å². The molecule has 0 spiro atoms. The predicted molar refractivity (Wildman–Crippen MR) is 85.2 cm³/mol. The fraction of sp³-hybridized carbons (Fsp3) is 0.733. The van der Waals surface area contributed by atoms with E-state index in [9.17, 15) is 9.90 Å². The van der Waals surface area contributed by atoms with Gasteiger partial charge in [0.2, 0.25) is 0 Å². The van der Waals surface area contributed by atoms with Crippen LogP contribution in [-0.2, 0) is 4.74 Å². The highest BCUT2D eigenvalue weighted by Crippen LogP contribution is 2.17. The number of carbonyl (C=O) groups is 1. The minimum atomic E-state index is -1.67. The Labute approximate surface area is 124 Å². The number of nitrogens with zero attached hydrogens (tertiary/aromatic N) is 1. The molecule has 0 bridgehead atoms. The van der Waals surface area contributed by atoms with Crippen molar-refractivity contribution in [2.24, 2.45) is 0 Å². The first-order valence-corrected chi connectivity index (χ1v) is 10.6. The Bertz CT molecular complexity index is 380. The predicted octanol–water partition coefficient (Wildman–Crippen LogP) is 3.54. The van der Waals surface area contributed by atoms with Crippen LogP contribution in [0.4, 0.5) is 4.79 Å². The summed E-state index contributed by atoms with van der Waals surface area (Å²) < 4.78 is 5.14. The number of carbonyl (C=O) groups excluding carboxylic acids is 1. The molecule has 20 heavy (non-hydrogen) atoms. The van der Waals surface area contributed by atoms with Crippen LogP contribution in [0.2, 0.25) is 19.6 Å². The molecular formula is C15H29NO3Si. The van der Waals surface area contributed by atoms with E-state index in [2.05, 4.69) is 25.4 Å². The van der Waals surface area contributed by atoms with E-state index in [0.29, 0.717) is 0 Å². The summed E-state index contributed by atoms with van der Waals surface area (Å²) in [5.41, 5.74) is 2.96. The Kier molecular flexibility index (Phi) is 7.27. The first-order chi connectivity index (χ1) is 8.98. The Morgan fingerprint density at radius 2 is 1.60 bits per heavy atom. The largest absolute Gasteiger partial charge is 0.415 e. The van der Waals surface area contributed by atoms with Gasteiger partial charge < -0.3 is 14.7 Å². The van der Waals surface area contributed by atoms with E-state index in [1.54, 1.807) is 11.8 Å². The molecule has 0 fully saturated rings. The maximum atomic E-state index is 12.0. The lowest BCUT2D eigenvalue weighted by Gasteiger charge is -2.28. The molecule has 4 nitrogen and oxygen atoms in total. The lowest BCUT2D eigenvalue weighted by Crippen LogP contribution is -2.41. The van der Waals surface area contributed by atoms with Gasteiger partial charge in [0.05, 0.1) is 14.2 Å². The zero-order valence-electron chi connectivity index (χ0n) is 14.0. The van der Waals surface area contributed by atoms with E-state index in [0.717, 1.165) is 5.20 Å². The number of aliphatic hydroxyl groups excluding tert-OH is 1. The minimum absolute atomic E-state index is 0.0770. The summed E-state index contributed by atoms with van der Waals surface area (Å²) in [5.74, 6) is 0. The molecule has 0 aliphatic rings. The van der Waals surface area contributed by atoms with Crippen LogP contribution >= 0.6 is 0 Å². The fourth-order valence-corrected chi connectivity index (χ4v) is 3.93. The van der Waals surface area contributed by atoms with Crippen LogP contribution in [-0.4, -0.2) is 42.4 Å². The van der Waals surface area contributed by atoms with Gasteiger partial charge in [0.25, 0.3) is 0 Å². The van der Waals surface area contributed by atoms with E-state index in [4.69, 9.17) is 4.74 Å². The summed E-state index contributed by atoms with van der Waals surface area (Å²) in [4.78, 5) is 13.7. The van der Waals surface area contributed by atoms with Gasteiger partial charge in [-0.25, -0.2) is 4.79 Å². The molecule has 0 unspecified atom stereocenters. The number of hydrogen-bond acceptors (Lipinski definition) is 3. The van der Waals surface area contributed by atoms with Crippen molar-refractivity contribution in [3.63, 3.8) is 0 Å². The van der Waals surface area contributed by atoms with Crippen molar-refractivity contribution in [2.45, 2.75) is 72.4 Å². The van der Waals surface area contributed by atoms with Crippen LogP contribution in [0.1, 0.15) is 34.6 Å². The van der Waals surface area contributed by atoms with E-state index >= 15 is 0 Å². The van der Waals surface area contributed by atoms with Crippen LogP contribution < -0.4 is 0 Å². The molecule has 0 saturated heterocycles. The van der Waals surface area contributed by atoms with Gasteiger partial charge in [-0.1, -0.05) is 25.4 Å². The molecule has 1 amide bonds. The van der Waals surface area contributed by atoms with Gasteiger partial charge in [-0.15, -0.1) is 0 Å². The Hall–Kier alpha value is -1.03. The second-order valence-corrected chi connectivity index (χ2v) is 11.6. The normalized spacial score (nSPS) is 12.9. The molecule has 0 radical (unpaired) electrons. The maximum Gasteiger partial charge on any atom is 0.415 e.